The van der Waals surface area contributed by atoms with E-state index in [0.717, 1.165) is 5.56 Å². The van der Waals surface area contributed by atoms with Crippen LogP contribution in [0.5, 0.6) is 5.75 Å². The van der Waals surface area contributed by atoms with E-state index in [-0.39, 0.29) is 34.1 Å². The average molecular weight is 454 g/mol. The number of hydrogen-bond acceptors (Lipinski definition) is 4. The fourth-order valence-electron chi connectivity index (χ4n) is 3.09. The zero-order valence-corrected chi connectivity index (χ0v) is 18.0. The third-order valence-electron chi connectivity index (χ3n) is 4.59. The Labute approximate surface area is 188 Å². The predicted molar refractivity (Wildman–Crippen MR) is 123 cm³/mol. The number of fused-ring (bicyclic) bond motifs is 1. The second-order valence-electron chi connectivity index (χ2n) is 6.92. The van der Waals surface area contributed by atoms with Crippen molar-refractivity contribution in [2.24, 2.45) is 0 Å². The summed E-state index contributed by atoms with van der Waals surface area (Å²) >= 11 is 12.3. The standard InChI is InChI=1S/C24H17Cl2NO4/c1-14-7-9-15(10-8-14)22-24(30-13-20(28)27-17-5-3-2-4-6-17)21(29)18-11-16(25)12-19(26)23(18)31-22/h2-12H,13H2,1H3,(H,27,28). The molecule has 7 heteroatoms. The molecule has 0 aliphatic heterocycles. The van der Waals surface area contributed by atoms with Crippen LogP contribution in [0.1, 0.15) is 5.56 Å². The van der Waals surface area contributed by atoms with Gasteiger partial charge in [0.15, 0.2) is 18.0 Å². The lowest BCUT2D eigenvalue weighted by Crippen LogP contribution is -2.22. The van der Waals surface area contributed by atoms with E-state index < -0.39 is 11.3 Å². The number of ether oxygens (including phenoxy) is 1. The first-order valence-corrected chi connectivity index (χ1v) is 10.2. The molecule has 31 heavy (non-hydrogen) atoms. The van der Waals surface area contributed by atoms with Crippen molar-refractivity contribution in [1.29, 1.82) is 0 Å². The molecule has 0 unspecified atom stereocenters. The molecule has 0 spiro atoms. The number of amides is 1. The molecule has 0 fully saturated rings. The molecule has 0 radical (unpaired) electrons. The number of nitrogens with one attached hydrogen (secondary N) is 1. The lowest BCUT2D eigenvalue weighted by molar-refractivity contribution is -0.118. The molecule has 1 N–H and O–H groups in total. The number of halogens is 2. The van der Waals surface area contributed by atoms with Gasteiger partial charge in [0, 0.05) is 16.3 Å². The summed E-state index contributed by atoms with van der Waals surface area (Å²) in [5, 5.41) is 3.39. The SMILES string of the molecule is Cc1ccc(-c2oc3c(Cl)cc(Cl)cc3c(=O)c2OCC(=O)Nc2ccccc2)cc1. The second kappa shape index (κ2) is 8.84. The van der Waals surface area contributed by atoms with Crippen molar-refractivity contribution in [3.63, 3.8) is 0 Å². The van der Waals surface area contributed by atoms with E-state index in [1.165, 1.54) is 12.1 Å². The van der Waals surface area contributed by atoms with Crippen LogP contribution in [-0.2, 0) is 4.79 Å². The molecule has 0 aliphatic carbocycles. The van der Waals surface area contributed by atoms with Crippen LogP contribution in [0, 0.1) is 6.92 Å². The van der Waals surface area contributed by atoms with E-state index in [1.807, 2.05) is 25.1 Å². The molecule has 0 atom stereocenters. The third kappa shape index (κ3) is 4.58. The van der Waals surface area contributed by atoms with Gasteiger partial charge in [0.25, 0.3) is 5.91 Å². The molecular formula is C24H17Cl2NO4. The minimum absolute atomic E-state index is 0.0853. The molecule has 1 amide bonds. The van der Waals surface area contributed by atoms with Gasteiger partial charge in [0.05, 0.1) is 10.4 Å². The monoisotopic (exact) mass is 453 g/mol. The van der Waals surface area contributed by atoms with Crippen LogP contribution in [0.25, 0.3) is 22.3 Å². The predicted octanol–water partition coefficient (Wildman–Crippen LogP) is 6.09. The average Bonchev–Trinajstić information content (AvgIpc) is 2.75. The highest BCUT2D eigenvalue weighted by molar-refractivity contribution is 6.38. The topological polar surface area (TPSA) is 68.5 Å². The van der Waals surface area contributed by atoms with Crippen molar-refractivity contribution in [3.8, 4) is 17.1 Å². The van der Waals surface area contributed by atoms with Crippen LogP contribution in [0.4, 0.5) is 5.69 Å². The fraction of sp³-hybridized carbons (Fsp3) is 0.0833. The van der Waals surface area contributed by atoms with Crippen LogP contribution in [0.3, 0.4) is 0 Å². The molecule has 3 aromatic carbocycles. The van der Waals surface area contributed by atoms with Gasteiger partial charge >= 0.3 is 0 Å². The summed E-state index contributed by atoms with van der Waals surface area (Å²) in [7, 11) is 0. The van der Waals surface area contributed by atoms with Gasteiger partial charge in [0.2, 0.25) is 11.2 Å². The number of benzene rings is 3. The van der Waals surface area contributed by atoms with Gasteiger partial charge < -0.3 is 14.5 Å². The Bertz CT molecular complexity index is 1320. The lowest BCUT2D eigenvalue weighted by Gasteiger charge is -2.13. The highest BCUT2D eigenvalue weighted by atomic mass is 35.5. The summed E-state index contributed by atoms with van der Waals surface area (Å²) in [6.07, 6.45) is 0. The number of carbonyl (C=O) groups excluding carboxylic acids is 1. The summed E-state index contributed by atoms with van der Waals surface area (Å²) in [5.41, 5.74) is 2.02. The Morgan fingerprint density at radius 2 is 1.74 bits per heavy atom. The molecule has 5 nitrogen and oxygen atoms in total. The van der Waals surface area contributed by atoms with Gasteiger partial charge in [-0.2, -0.15) is 0 Å². The number of aryl methyl sites for hydroxylation is 1. The molecule has 4 rings (SSSR count). The van der Waals surface area contributed by atoms with Crippen LogP contribution in [0.2, 0.25) is 10.0 Å². The first-order valence-electron chi connectivity index (χ1n) is 9.43. The molecule has 0 aliphatic rings. The Hall–Kier alpha value is -3.28. The van der Waals surface area contributed by atoms with E-state index >= 15 is 0 Å². The maximum absolute atomic E-state index is 13.2. The molecule has 0 bridgehead atoms. The first kappa shape index (κ1) is 21.0. The highest BCUT2D eigenvalue weighted by Gasteiger charge is 2.21. The van der Waals surface area contributed by atoms with Gasteiger partial charge in [-0.25, -0.2) is 0 Å². The van der Waals surface area contributed by atoms with Gasteiger partial charge in [0.1, 0.15) is 0 Å². The zero-order chi connectivity index (χ0) is 22.0. The summed E-state index contributed by atoms with van der Waals surface area (Å²) in [4.78, 5) is 25.6. The van der Waals surface area contributed by atoms with Crippen molar-refractivity contribution in [2.75, 3.05) is 11.9 Å². The summed E-state index contributed by atoms with van der Waals surface area (Å²) < 4.78 is 11.7. The smallest absolute Gasteiger partial charge is 0.262 e. The van der Waals surface area contributed by atoms with Crippen LogP contribution >= 0.6 is 23.2 Å². The molecule has 4 aromatic rings. The van der Waals surface area contributed by atoms with E-state index in [1.54, 1.807) is 36.4 Å². The van der Waals surface area contributed by atoms with Gasteiger partial charge in [-0.15, -0.1) is 0 Å². The molecule has 0 saturated heterocycles. The van der Waals surface area contributed by atoms with Crippen LogP contribution in [0.15, 0.2) is 75.9 Å². The fourth-order valence-corrected chi connectivity index (χ4v) is 3.62. The Morgan fingerprint density at radius 3 is 2.45 bits per heavy atom. The van der Waals surface area contributed by atoms with E-state index in [4.69, 9.17) is 32.4 Å². The number of hydrogen-bond donors (Lipinski definition) is 1. The number of anilines is 1. The third-order valence-corrected chi connectivity index (χ3v) is 5.09. The van der Waals surface area contributed by atoms with Crippen molar-refractivity contribution in [1.82, 2.24) is 0 Å². The molecule has 0 saturated carbocycles. The van der Waals surface area contributed by atoms with Crippen molar-refractivity contribution in [3.05, 3.63) is 92.6 Å². The summed E-state index contributed by atoms with van der Waals surface area (Å²) in [6, 6.07) is 19.3. The van der Waals surface area contributed by atoms with E-state index in [0.29, 0.717) is 16.3 Å². The Balaban J connectivity index is 1.75. The van der Waals surface area contributed by atoms with E-state index in [2.05, 4.69) is 5.32 Å². The lowest BCUT2D eigenvalue weighted by atomic mass is 10.1. The zero-order valence-electron chi connectivity index (χ0n) is 16.4. The maximum atomic E-state index is 13.2. The number of para-hydroxylation sites is 1. The van der Waals surface area contributed by atoms with Crippen molar-refractivity contribution >= 4 is 45.8 Å². The molecule has 1 heterocycles. The van der Waals surface area contributed by atoms with Gasteiger partial charge in [-0.05, 0) is 31.2 Å². The largest absolute Gasteiger partial charge is 0.476 e. The Kier molecular flexibility index (Phi) is 5.98. The molecule has 156 valence electrons. The molecule has 1 aromatic heterocycles. The maximum Gasteiger partial charge on any atom is 0.262 e. The second-order valence-corrected chi connectivity index (χ2v) is 7.77. The van der Waals surface area contributed by atoms with Crippen molar-refractivity contribution < 1.29 is 13.9 Å². The summed E-state index contributed by atoms with van der Waals surface area (Å²) in [5.74, 6) is -0.309. The number of rotatable bonds is 5. The van der Waals surface area contributed by atoms with Gasteiger partial charge in [-0.1, -0.05) is 71.2 Å². The Morgan fingerprint density at radius 1 is 1.03 bits per heavy atom. The normalized spacial score (nSPS) is 10.8. The van der Waals surface area contributed by atoms with Crippen LogP contribution < -0.4 is 15.5 Å². The molecular weight excluding hydrogens is 437 g/mol. The van der Waals surface area contributed by atoms with E-state index in [9.17, 15) is 9.59 Å². The first-order chi connectivity index (χ1) is 14.9. The number of carbonyl (C=O) groups is 1. The minimum Gasteiger partial charge on any atom is -0.476 e. The minimum atomic E-state index is -0.464. The van der Waals surface area contributed by atoms with Crippen LogP contribution in [-0.4, -0.2) is 12.5 Å². The van der Waals surface area contributed by atoms with Crippen molar-refractivity contribution in [2.45, 2.75) is 6.92 Å². The quantitative estimate of drug-likeness (QED) is 0.396. The van der Waals surface area contributed by atoms with Gasteiger partial charge in [-0.3, -0.25) is 9.59 Å². The summed E-state index contributed by atoms with van der Waals surface area (Å²) in [6.45, 7) is 1.57. The highest BCUT2D eigenvalue weighted by Crippen LogP contribution is 2.35.